The molecular formula is C21H23N3O4S2. The molecule has 3 rings (SSSR count). The molecule has 30 heavy (non-hydrogen) atoms. The molecule has 0 unspecified atom stereocenters. The number of rotatable bonds is 10. The summed E-state index contributed by atoms with van der Waals surface area (Å²) in [6.07, 6.45) is 2.07. The van der Waals surface area contributed by atoms with E-state index in [2.05, 4.69) is 39.8 Å². The van der Waals surface area contributed by atoms with Gasteiger partial charge in [-0.1, -0.05) is 53.4 Å². The Hall–Kier alpha value is -2.78. The SMILES string of the molecule is COc1cc(C(=O)Nc2nnc(SCCCc3ccccc3)s2)cc(OC)c1OC. The van der Waals surface area contributed by atoms with Crippen LogP contribution in [-0.2, 0) is 6.42 Å². The quantitative estimate of drug-likeness (QED) is 0.279. The van der Waals surface area contributed by atoms with Gasteiger partial charge in [-0.25, -0.2) is 0 Å². The first-order valence-electron chi connectivity index (χ1n) is 9.26. The third-order valence-corrected chi connectivity index (χ3v) is 6.29. The lowest BCUT2D eigenvalue weighted by Gasteiger charge is -2.13. The van der Waals surface area contributed by atoms with Crippen molar-refractivity contribution in [2.24, 2.45) is 0 Å². The molecule has 0 aliphatic carbocycles. The molecule has 0 aliphatic heterocycles. The Kier molecular flexibility index (Phi) is 7.92. The van der Waals surface area contributed by atoms with Crippen molar-refractivity contribution in [2.45, 2.75) is 17.2 Å². The number of methoxy groups -OCH3 is 3. The minimum absolute atomic E-state index is 0.328. The van der Waals surface area contributed by atoms with E-state index in [0.717, 1.165) is 22.9 Å². The molecule has 0 radical (unpaired) electrons. The van der Waals surface area contributed by atoms with E-state index in [1.54, 1.807) is 23.9 Å². The number of amides is 1. The normalized spacial score (nSPS) is 10.5. The third-order valence-electron chi connectivity index (χ3n) is 4.23. The molecule has 9 heteroatoms. The number of aromatic nitrogens is 2. The van der Waals surface area contributed by atoms with Crippen LogP contribution in [0.1, 0.15) is 22.3 Å². The number of nitrogens with one attached hydrogen (secondary N) is 1. The van der Waals surface area contributed by atoms with Gasteiger partial charge in [0.1, 0.15) is 0 Å². The Morgan fingerprint density at radius 3 is 2.37 bits per heavy atom. The molecule has 0 spiro atoms. The van der Waals surface area contributed by atoms with Gasteiger partial charge in [-0.15, -0.1) is 10.2 Å². The first-order chi connectivity index (χ1) is 14.6. The molecule has 0 bridgehead atoms. The number of hydrogen-bond donors (Lipinski definition) is 1. The van der Waals surface area contributed by atoms with Crippen LogP contribution in [0.25, 0.3) is 0 Å². The topological polar surface area (TPSA) is 82.6 Å². The molecular weight excluding hydrogens is 422 g/mol. The number of aryl methyl sites for hydroxylation is 1. The summed E-state index contributed by atoms with van der Waals surface area (Å²) in [6, 6.07) is 13.6. The van der Waals surface area contributed by atoms with Crippen molar-refractivity contribution in [3.8, 4) is 17.2 Å². The molecule has 1 aromatic heterocycles. The van der Waals surface area contributed by atoms with E-state index in [-0.39, 0.29) is 5.91 Å². The largest absolute Gasteiger partial charge is 0.493 e. The molecule has 1 N–H and O–H groups in total. The molecule has 158 valence electrons. The predicted molar refractivity (Wildman–Crippen MR) is 119 cm³/mol. The number of anilines is 1. The van der Waals surface area contributed by atoms with Gasteiger partial charge in [-0.3, -0.25) is 10.1 Å². The predicted octanol–water partition coefficient (Wildman–Crippen LogP) is 4.54. The molecule has 1 heterocycles. The number of ether oxygens (including phenoxy) is 3. The van der Waals surface area contributed by atoms with E-state index in [1.807, 2.05) is 6.07 Å². The summed E-state index contributed by atoms with van der Waals surface area (Å²) >= 11 is 2.99. The fourth-order valence-corrected chi connectivity index (χ4v) is 4.54. The first-order valence-corrected chi connectivity index (χ1v) is 11.1. The van der Waals surface area contributed by atoms with E-state index < -0.39 is 0 Å². The first kappa shape index (κ1) is 21.9. The lowest BCUT2D eigenvalue weighted by Crippen LogP contribution is -2.12. The number of nitrogens with zero attached hydrogens (tertiary/aromatic N) is 2. The van der Waals surface area contributed by atoms with E-state index >= 15 is 0 Å². The van der Waals surface area contributed by atoms with Crippen molar-refractivity contribution in [1.82, 2.24) is 10.2 Å². The lowest BCUT2D eigenvalue weighted by molar-refractivity contribution is 0.102. The molecule has 0 fully saturated rings. The summed E-state index contributed by atoms with van der Waals surface area (Å²) in [6.45, 7) is 0. The van der Waals surface area contributed by atoms with Gasteiger partial charge >= 0.3 is 0 Å². The maximum absolute atomic E-state index is 12.6. The summed E-state index contributed by atoms with van der Waals surface area (Å²) in [4.78, 5) is 12.6. The summed E-state index contributed by atoms with van der Waals surface area (Å²) in [5.74, 6) is 1.86. The molecule has 3 aromatic rings. The van der Waals surface area contributed by atoms with Gasteiger partial charge in [-0.05, 0) is 30.5 Å². The zero-order valence-electron chi connectivity index (χ0n) is 17.0. The monoisotopic (exact) mass is 445 g/mol. The average Bonchev–Trinajstić information content (AvgIpc) is 3.23. The maximum atomic E-state index is 12.6. The van der Waals surface area contributed by atoms with Crippen LogP contribution in [0.5, 0.6) is 17.2 Å². The van der Waals surface area contributed by atoms with Gasteiger partial charge in [0.2, 0.25) is 10.9 Å². The minimum Gasteiger partial charge on any atom is -0.493 e. The zero-order chi connectivity index (χ0) is 21.3. The van der Waals surface area contributed by atoms with Gasteiger partial charge in [0.05, 0.1) is 21.3 Å². The van der Waals surface area contributed by atoms with E-state index in [9.17, 15) is 4.79 Å². The van der Waals surface area contributed by atoms with Crippen LogP contribution in [0, 0.1) is 0 Å². The van der Waals surface area contributed by atoms with Crippen LogP contribution in [0.3, 0.4) is 0 Å². The Morgan fingerprint density at radius 2 is 1.73 bits per heavy atom. The van der Waals surface area contributed by atoms with Crippen molar-refractivity contribution in [1.29, 1.82) is 0 Å². The molecule has 0 atom stereocenters. The second kappa shape index (κ2) is 10.8. The highest BCUT2D eigenvalue weighted by atomic mass is 32.2. The lowest BCUT2D eigenvalue weighted by atomic mass is 10.1. The number of carbonyl (C=O) groups is 1. The second-order valence-corrected chi connectivity index (χ2v) is 8.50. The summed E-state index contributed by atoms with van der Waals surface area (Å²) < 4.78 is 16.7. The minimum atomic E-state index is -0.328. The van der Waals surface area contributed by atoms with Crippen LogP contribution < -0.4 is 19.5 Å². The van der Waals surface area contributed by atoms with Crippen molar-refractivity contribution in [2.75, 3.05) is 32.4 Å². The molecule has 0 saturated heterocycles. The van der Waals surface area contributed by atoms with Crippen LogP contribution >= 0.6 is 23.1 Å². The van der Waals surface area contributed by atoms with E-state index in [0.29, 0.717) is 27.9 Å². The van der Waals surface area contributed by atoms with Gasteiger partial charge in [0, 0.05) is 11.3 Å². The fourth-order valence-electron chi connectivity index (χ4n) is 2.78. The van der Waals surface area contributed by atoms with Crippen LogP contribution in [0.2, 0.25) is 0 Å². The highest BCUT2D eigenvalue weighted by Gasteiger charge is 2.18. The highest BCUT2D eigenvalue weighted by Crippen LogP contribution is 2.38. The van der Waals surface area contributed by atoms with Crippen molar-refractivity contribution in [3.63, 3.8) is 0 Å². The van der Waals surface area contributed by atoms with Gasteiger partial charge in [-0.2, -0.15) is 0 Å². The Bertz CT molecular complexity index is 954. The second-order valence-electron chi connectivity index (χ2n) is 6.18. The number of carbonyl (C=O) groups excluding carboxylic acids is 1. The number of benzene rings is 2. The standard InChI is InChI=1S/C21H23N3O4S2/c1-26-16-12-15(13-17(27-2)18(16)28-3)19(25)22-20-23-24-21(30-20)29-11-7-10-14-8-5-4-6-9-14/h4-6,8-9,12-13H,7,10-11H2,1-3H3,(H,22,23,25). The molecule has 2 aromatic carbocycles. The van der Waals surface area contributed by atoms with E-state index in [1.165, 1.54) is 38.2 Å². The Balaban J connectivity index is 1.57. The van der Waals surface area contributed by atoms with Crippen LogP contribution in [-0.4, -0.2) is 43.2 Å². The van der Waals surface area contributed by atoms with Gasteiger partial charge in [0.15, 0.2) is 15.8 Å². The molecule has 7 nitrogen and oxygen atoms in total. The Labute approximate surface area is 183 Å². The summed E-state index contributed by atoms with van der Waals surface area (Å²) in [7, 11) is 4.52. The summed E-state index contributed by atoms with van der Waals surface area (Å²) in [5.41, 5.74) is 1.70. The van der Waals surface area contributed by atoms with E-state index in [4.69, 9.17) is 14.2 Å². The van der Waals surface area contributed by atoms with Crippen molar-refractivity contribution in [3.05, 3.63) is 53.6 Å². The Morgan fingerprint density at radius 1 is 1.03 bits per heavy atom. The zero-order valence-corrected chi connectivity index (χ0v) is 18.6. The van der Waals surface area contributed by atoms with Crippen molar-refractivity contribution < 1.29 is 19.0 Å². The van der Waals surface area contributed by atoms with Crippen LogP contribution in [0.4, 0.5) is 5.13 Å². The number of hydrogen-bond acceptors (Lipinski definition) is 8. The fraction of sp³-hybridized carbons (Fsp3) is 0.286. The maximum Gasteiger partial charge on any atom is 0.257 e. The molecule has 0 aliphatic rings. The molecule has 1 amide bonds. The highest BCUT2D eigenvalue weighted by molar-refractivity contribution is 8.01. The van der Waals surface area contributed by atoms with Gasteiger partial charge < -0.3 is 14.2 Å². The van der Waals surface area contributed by atoms with Crippen molar-refractivity contribution >= 4 is 34.1 Å². The third kappa shape index (κ3) is 5.64. The smallest absolute Gasteiger partial charge is 0.257 e. The van der Waals surface area contributed by atoms with Crippen LogP contribution in [0.15, 0.2) is 46.8 Å². The molecule has 0 saturated carbocycles. The van der Waals surface area contributed by atoms with Gasteiger partial charge in [0.25, 0.3) is 5.91 Å². The average molecular weight is 446 g/mol. The summed E-state index contributed by atoms with van der Waals surface area (Å²) in [5, 5.41) is 11.4. The number of thioether (sulfide) groups is 1.